The van der Waals surface area contributed by atoms with E-state index in [1.807, 2.05) is 25.1 Å². The number of nitrogens with zero attached hydrogens (tertiary/aromatic N) is 1. The van der Waals surface area contributed by atoms with E-state index in [0.29, 0.717) is 18.8 Å². The van der Waals surface area contributed by atoms with Crippen LogP contribution in [0.5, 0.6) is 5.75 Å². The number of urea groups is 1. The van der Waals surface area contributed by atoms with Gasteiger partial charge >= 0.3 is 6.03 Å². The number of morpholine rings is 1. The number of carbonyl (C=O) groups is 2. The Morgan fingerprint density at radius 2 is 1.71 bits per heavy atom. The fraction of sp³-hybridized carbons (Fsp3) is 0.391. The monoisotopic (exact) mass is 426 g/mol. The van der Waals surface area contributed by atoms with Gasteiger partial charge in [-0.2, -0.15) is 0 Å². The smallest absolute Gasteiger partial charge is 0.315 e. The van der Waals surface area contributed by atoms with Gasteiger partial charge in [0.2, 0.25) is 5.91 Å². The molecule has 1 heterocycles. The Kier molecular flexibility index (Phi) is 8.69. The Balaban J connectivity index is 1.41. The summed E-state index contributed by atoms with van der Waals surface area (Å²) >= 11 is 0. The summed E-state index contributed by atoms with van der Waals surface area (Å²) in [5, 5.41) is 8.16. The number of hydrogen-bond acceptors (Lipinski definition) is 5. The number of rotatable bonds is 9. The largest absolute Gasteiger partial charge is 0.494 e. The van der Waals surface area contributed by atoms with Gasteiger partial charge in [0.15, 0.2) is 0 Å². The van der Waals surface area contributed by atoms with Crippen LogP contribution >= 0.6 is 0 Å². The molecule has 0 aromatic heterocycles. The second-order valence-corrected chi connectivity index (χ2v) is 7.20. The summed E-state index contributed by atoms with van der Waals surface area (Å²) in [5.74, 6) is 0.443. The highest BCUT2D eigenvalue weighted by Crippen LogP contribution is 2.15. The highest BCUT2D eigenvalue weighted by molar-refractivity contribution is 5.94. The average molecular weight is 427 g/mol. The Morgan fingerprint density at radius 1 is 1.00 bits per heavy atom. The molecular weight excluding hydrogens is 396 g/mol. The topological polar surface area (TPSA) is 91.9 Å². The van der Waals surface area contributed by atoms with Crippen LogP contribution < -0.4 is 20.7 Å². The molecule has 0 bridgehead atoms. The molecule has 0 radical (unpaired) electrons. The summed E-state index contributed by atoms with van der Waals surface area (Å²) < 4.78 is 10.8. The first kappa shape index (κ1) is 22.6. The molecule has 1 fully saturated rings. The van der Waals surface area contributed by atoms with Gasteiger partial charge in [0.25, 0.3) is 0 Å². The van der Waals surface area contributed by atoms with Crippen molar-refractivity contribution in [1.82, 2.24) is 15.5 Å². The molecule has 8 nitrogen and oxygen atoms in total. The first-order valence-corrected chi connectivity index (χ1v) is 10.6. The van der Waals surface area contributed by atoms with Crippen molar-refractivity contribution in [2.24, 2.45) is 0 Å². The van der Waals surface area contributed by atoms with Gasteiger partial charge in [0.05, 0.1) is 26.4 Å². The molecule has 3 amide bonds. The maximum Gasteiger partial charge on any atom is 0.315 e. The van der Waals surface area contributed by atoms with Crippen LogP contribution in [0.25, 0.3) is 0 Å². The number of anilines is 1. The molecule has 0 unspecified atom stereocenters. The van der Waals surface area contributed by atoms with Crippen molar-refractivity contribution in [1.29, 1.82) is 0 Å². The Labute approximate surface area is 182 Å². The molecule has 0 atom stereocenters. The fourth-order valence-electron chi connectivity index (χ4n) is 3.29. The third-order valence-corrected chi connectivity index (χ3v) is 4.91. The summed E-state index contributed by atoms with van der Waals surface area (Å²) in [5.41, 5.74) is 2.88. The van der Waals surface area contributed by atoms with Crippen molar-refractivity contribution >= 4 is 17.6 Å². The van der Waals surface area contributed by atoms with Gasteiger partial charge < -0.3 is 25.4 Å². The summed E-state index contributed by atoms with van der Waals surface area (Å²) in [6.45, 7) is 6.92. The van der Waals surface area contributed by atoms with E-state index in [1.54, 1.807) is 24.3 Å². The fourth-order valence-corrected chi connectivity index (χ4v) is 3.29. The lowest BCUT2D eigenvalue weighted by molar-refractivity contribution is -0.115. The number of hydrogen-bond donors (Lipinski definition) is 3. The summed E-state index contributed by atoms with van der Waals surface area (Å²) in [4.78, 5) is 26.6. The van der Waals surface area contributed by atoms with Crippen molar-refractivity contribution < 1.29 is 19.1 Å². The maximum atomic E-state index is 12.1. The predicted molar refractivity (Wildman–Crippen MR) is 119 cm³/mol. The van der Waals surface area contributed by atoms with Gasteiger partial charge in [-0.05, 0) is 42.3 Å². The van der Waals surface area contributed by atoms with Crippen LogP contribution in [0.4, 0.5) is 10.5 Å². The summed E-state index contributed by atoms with van der Waals surface area (Å²) in [6, 6.07) is 14.8. The summed E-state index contributed by atoms with van der Waals surface area (Å²) in [6.07, 6.45) is 0. The van der Waals surface area contributed by atoms with Crippen molar-refractivity contribution in [3.05, 3.63) is 59.7 Å². The maximum absolute atomic E-state index is 12.1. The minimum atomic E-state index is -0.386. The molecule has 0 spiro atoms. The number of amides is 3. The zero-order valence-corrected chi connectivity index (χ0v) is 17.9. The van der Waals surface area contributed by atoms with Crippen LogP contribution in [0.2, 0.25) is 0 Å². The van der Waals surface area contributed by atoms with Gasteiger partial charge in [-0.3, -0.25) is 9.69 Å². The summed E-state index contributed by atoms with van der Waals surface area (Å²) in [7, 11) is 0. The highest BCUT2D eigenvalue weighted by atomic mass is 16.5. The van der Waals surface area contributed by atoms with Crippen molar-refractivity contribution in [3.63, 3.8) is 0 Å². The lowest BCUT2D eigenvalue weighted by atomic mass is 10.1. The van der Waals surface area contributed by atoms with E-state index in [2.05, 4.69) is 26.9 Å². The zero-order chi connectivity index (χ0) is 21.9. The zero-order valence-electron chi connectivity index (χ0n) is 17.9. The molecule has 8 heteroatoms. The molecule has 0 saturated carbocycles. The van der Waals surface area contributed by atoms with Crippen molar-refractivity contribution in [2.45, 2.75) is 20.0 Å². The lowest BCUT2D eigenvalue weighted by Crippen LogP contribution is -2.40. The quantitative estimate of drug-likeness (QED) is 0.573. The van der Waals surface area contributed by atoms with E-state index in [9.17, 15) is 9.59 Å². The number of benzene rings is 2. The van der Waals surface area contributed by atoms with Gasteiger partial charge in [-0.15, -0.1) is 0 Å². The van der Waals surface area contributed by atoms with Crippen molar-refractivity contribution in [2.75, 3.05) is 44.8 Å². The minimum absolute atomic E-state index is 0.117. The Morgan fingerprint density at radius 3 is 2.42 bits per heavy atom. The number of ether oxygens (including phenoxy) is 2. The molecule has 0 aliphatic carbocycles. The van der Waals surface area contributed by atoms with E-state index in [0.717, 1.165) is 44.2 Å². The van der Waals surface area contributed by atoms with Gasteiger partial charge in [0.1, 0.15) is 5.75 Å². The first-order chi connectivity index (χ1) is 15.1. The van der Waals surface area contributed by atoms with E-state index < -0.39 is 0 Å². The van der Waals surface area contributed by atoms with Crippen LogP contribution in [0.1, 0.15) is 18.1 Å². The van der Waals surface area contributed by atoms with E-state index in [-0.39, 0.29) is 18.5 Å². The molecule has 166 valence electrons. The SMILES string of the molecule is CCOc1ccc(NC(=O)CNC(=O)NCc2ccccc2CN2CCOCC2)cc1. The van der Waals surface area contributed by atoms with Crippen LogP contribution in [0, 0.1) is 0 Å². The second kappa shape index (κ2) is 11.9. The Bertz CT molecular complexity index is 851. The van der Waals surface area contributed by atoms with Crippen LogP contribution in [-0.2, 0) is 22.6 Å². The van der Waals surface area contributed by atoms with Crippen LogP contribution in [0.15, 0.2) is 48.5 Å². The Hall–Kier alpha value is -3.10. The molecular formula is C23H30N4O4. The normalized spacial score (nSPS) is 14.0. The van der Waals surface area contributed by atoms with Crippen LogP contribution in [0.3, 0.4) is 0 Å². The van der Waals surface area contributed by atoms with Crippen LogP contribution in [-0.4, -0.2) is 56.3 Å². The molecule has 1 saturated heterocycles. The molecule has 2 aromatic rings. The molecule has 2 aromatic carbocycles. The van der Waals surface area contributed by atoms with Crippen molar-refractivity contribution in [3.8, 4) is 5.75 Å². The minimum Gasteiger partial charge on any atom is -0.494 e. The second-order valence-electron chi connectivity index (χ2n) is 7.20. The molecule has 31 heavy (non-hydrogen) atoms. The van der Waals surface area contributed by atoms with E-state index in [4.69, 9.17) is 9.47 Å². The highest BCUT2D eigenvalue weighted by Gasteiger charge is 2.13. The molecule has 1 aliphatic rings. The molecule has 3 N–H and O–H groups in total. The number of carbonyl (C=O) groups excluding carboxylic acids is 2. The van der Waals surface area contributed by atoms with E-state index >= 15 is 0 Å². The standard InChI is InChI=1S/C23H30N4O4/c1-2-31-21-9-7-20(8-10-21)26-22(28)16-25-23(29)24-15-18-5-3-4-6-19(18)17-27-11-13-30-14-12-27/h3-10H,2,11-17H2,1H3,(H,26,28)(H2,24,25,29). The molecule has 3 rings (SSSR count). The first-order valence-electron chi connectivity index (χ1n) is 10.6. The predicted octanol–water partition coefficient (Wildman–Crippen LogP) is 2.36. The van der Waals surface area contributed by atoms with Gasteiger partial charge in [-0.25, -0.2) is 4.79 Å². The lowest BCUT2D eigenvalue weighted by Gasteiger charge is -2.27. The van der Waals surface area contributed by atoms with E-state index in [1.165, 1.54) is 5.56 Å². The third-order valence-electron chi connectivity index (χ3n) is 4.91. The third kappa shape index (κ3) is 7.58. The van der Waals surface area contributed by atoms with Gasteiger partial charge in [0, 0.05) is 31.9 Å². The van der Waals surface area contributed by atoms with Gasteiger partial charge in [-0.1, -0.05) is 24.3 Å². The molecule has 1 aliphatic heterocycles. The number of nitrogens with one attached hydrogen (secondary N) is 3. The average Bonchev–Trinajstić information content (AvgIpc) is 2.79.